The van der Waals surface area contributed by atoms with E-state index in [0.29, 0.717) is 17.9 Å². The number of anilines is 3. The summed E-state index contributed by atoms with van der Waals surface area (Å²) in [5.41, 5.74) is 0.421. The van der Waals surface area contributed by atoms with E-state index >= 15 is 8.78 Å². The Hall–Kier alpha value is -4.50. The van der Waals surface area contributed by atoms with Crippen LogP contribution in [0, 0.1) is 17.2 Å². The zero-order valence-electron chi connectivity index (χ0n) is 31.1. The summed E-state index contributed by atoms with van der Waals surface area (Å²) in [6.07, 6.45) is -9.91. The van der Waals surface area contributed by atoms with Gasteiger partial charge in [0, 0.05) is 16.8 Å². The van der Waals surface area contributed by atoms with Gasteiger partial charge in [-0.05, 0) is 29.9 Å². The van der Waals surface area contributed by atoms with Crippen LogP contribution in [0.5, 0.6) is 0 Å². The number of nitrogens with zero attached hydrogens (tertiary/aromatic N) is 8. The van der Waals surface area contributed by atoms with Crippen molar-refractivity contribution in [2.75, 3.05) is 37.0 Å². The summed E-state index contributed by atoms with van der Waals surface area (Å²) in [4.78, 5) is 46.4. The van der Waals surface area contributed by atoms with Crippen molar-refractivity contribution in [1.82, 2.24) is 39.0 Å². The molecule has 59 heavy (non-hydrogen) atoms. The molecule has 1 aromatic carbocycles. The Bertz CT molecular complexity index is 2420. The van der Waals surface area contributed by atoms with E-state index in [1.54, 1.807) is 0 Å². The van der Waals surface area contributed by atoms with Crippen molar-refractivity contribution in [3.05, 3.63) is 59.7 Å². The van der Waals surface area contributed by atoms with Crippen LogP contribution in [0.2, 0.25) is 0 Å². The van der Waals surface area contributed by atoms with Crippen LogP contribution in [-0.2, 0) is 43.9 Å². The molecule has 2 unspecified atom stereocenters. The predicted molar refractivity (Wildman–Crippen MR) is 207 cm³/mol. The highest BCUT2D eigenvalue weighted by Crippen LogP contribution is 2.55. The number of rotatable bonds is 18. The fourth-order valence-corrected chi connectivity index (χ4v) is 8.88. The molecular weight excluding hydrogens is 842 g/mol. The van der Waals surface area contributed by atoms with E-state index in [2.05, 4.69) is 40.5 Å². The first-order valence-corrected chi connectivity index (χ1v) is 21.8. The Morgan fingerprint density at radius 2 is 1.76 bits per heavy atom. The standard InChI is InChI=1S/C33H37F2N11O10P2S/c1-17(2)11-37-33-43-29-24(30(48)44-33)41-16-46(29)32-26(55-57(49)50)21(34)20(54-32)13-52-58(59,51-10-6-9-36)56-25-19(12-47)53-31(22(25)35)45-15-40-23-27(38-14-39-28(23)45)42-18-7-4-3-5-8-18/h3-5,7-8,14-17,19-22,25-26,31-32,47H,6,10-13H2,1-2H3,(H3-,37,38,39,42,43,44,48,49,50)/p+1/t19-,20-,21-,22+,25-,26-,31-,32-,58?/m1/s1. The molecule has 5 N–H and O–H groups in total. The van der Waals surface area contributed by atoms with E-state index in [9.17, 15) is 24.6 Å². The number of para-hydroxylation sites is 1. The minimum Gasteiger partial charge on any atom is -0.394 e. The molecule has 2 saturated heterocycles. The third-order valence-corrected chi connectivity index (χ3v) is 11.9. The van der Waals surface area contributed by atoms with Crippen LogP contribution < -0.4 is 16.2 Å². The zero-order valence-corrected chi connectivity index (χ0v) is 33.8. The van der Waals surface area contributed by atoms with Crippen LogP contribution in [0.3, 0.4) is 0 Å². The number of H-pyrrole nitrogens is 1. The normalized spacial score (nSPS) is 25.7. The fourth-order valence-electron chi connectivity index (χ4n) is 6.36. The van der Waals surface area contributed by atoms with Crippen molar-refractivity contribution in [2.45, 2.75) is 69.5 Å². The lowest BCUT2D eigenvalue weighted by atomic mass is 10.1. The average molecular weight is 881 g/mol. The SMILES string of the molecule is CC(C)CNc1nc2c(ncn2[C@@H]2O[C@H](COP(=S)(OCCC#N)O[C@H]3[C@H](F)[C@H](n4cnc5c(Nc6ccccc6)ncnc54)O[C@@H]3CO)[C@@H](F)[C@H]2O[P+](=O)O)c(=O)[nH]1. The molecule has 0 aliphatic carbocycles. The maximum absolute atomic E-state index is 16.5. The van der Waals surface area contributed by atoms with E-state index in [-0.39, 0.29) is 41.7 Å². The van der Waals surface area contributed by atoms with E-state index < -0.39 is 83.0 Å². The number of hydrogen-bond donors (Lipinski definition) is 5. The maximum atomic E-state index is 16.5. The summed E-state index contributed by atoms with van der Waals surface area (Å²) in [5, 5.41) is 25.6. The summed E-state index contributed by atoms with van der Waals surface area (Å²) in [6, 6.07) is 11.0. The maximum Gasteiger partial charge on any atom is 0.695 e. The van der Waals surface area contributed by atoms with E-state index in [1.807, 2.05) is 50.2 Å². The number of hydrogen-bond acceptors (Lipinski definition) is 18. The lowest BCUT2D eigenvalue weighted by Crippen LogP contribution is -2.34. The van der Waals surface area contributed by atoms with Gasteiger partial charge in [0.15, 0.2) is 59.0 Å². The van der Waals surface area contributed by atoms with Crippen molar-refractivity contribution < 1.29 is 50.9 Å². The Morgan fingerprint density at radius 1 is 1.03 bits per heavy atom. The quantitative estimate of drug-likeness (QED) is 0.0618. The number of imidazole rings is 2. The van der Waals surface area contributed by atoms with Gasteiger partial charge in [0.05, 0.1) is 45.0 Å². The molecule has 21 nitrogen and oxygen atoms in total. The molecule has 4 aromatic heterocycles. The number of aromatic amines is 1. The number of aromatic nitrogens is 8. The lowest BCUT2D eigenvalue weighted by molar-refractivity contribution is -0.0528. The highest BCUT2D eigenvalue weighted by Gasteiger charge is 2.54. The summed E-state index contributed by atoms with van der Waals surface area (Å²) >= 11 is 5.63. The fraction of sp³-hybridized carbons (Fsp3) is 0.485. The van der Waals surface area contributed by atoms with Gasteiger partial charge in [-0.25, -0.2) is 28.7 Å². The van der Waals surface area contributed by atoms with Gasteiger partial charge in [0.2, 0.25) is 5.95 Å². The Labute approximate surface area is 339 Å². The number of benzene rings is 1. The van der Waals surface area contributed by atoms with Gasteiger partial charge in [-0.15, -0.1) is 9.42 Å². The van der Waals surface area contributed by atoms with Gasteiger partial charge in [0.25, 0.3) is 5.56 Å². The second-order valence-electron chi connectivity index (χ2n) is 13.6. The van der Waals surface area contributed by atoms with Gasteiger partial charge < -0.3 is 34.3 Å². The highest BCUT2D eigenvalue weighted by atomic mass is 32.5. The second-order valence-corrected chi connectivity index (χ2v) is 17.3. The molecule has 5 aromatic rings. The van der Waals surface area contributed by atoms with Crippen LogP contribution in [0.25, 0.3) is 22.3 Å². The Morgan fingerprint density at radius 3 is 2.47 bits per heavy atom. The smallest absolute Gasteiger partial charge is 0.394 e. The molecule has 6 heterocycles. The Balaban J connectivity index is 1.11. The number of halogens is 2. The summed E-state index contributed by atoms with van der Waals surface area (Å²) in [5.74, 6) is 0.621. The topological polar surface area (TPSA) is 268 Å². The van der Waals surface area contributed by atoms with Crippen LogP contribution in [0.15, 0.2) is 54.1 Å². The molecule has 0 spiro atoms. The first-order valence-electron chi connectivity index (χ1n) is 18.1. The lowest BCUT2D eigenvalue weighted by Gasteiger charge is -2.28. The molecule has 2 aliphatic rings. The van der Waals surface area contributed by atoms with Crippen molar-refractivity contribution in [1.29, 1.82) is 5.26 Å². The number of aliphatic hydroxyl groups excluding tert-OH is 1. The minimum absolute atomic E-state index is 0.0468. The van der Waals surface area contributed by atoms with Crippen molar-refractivity contribution in [3.8, 4) is 6.07 Å². The average Bonchev–Trinajstić information content (AvgIpc) is 3.98. The number of alkyl halides is 2. The number of aliphatic hydroxyl groups is 1. The van der Waals surface area contributed by atoms with Gasteiger partial charge in [-0.3, -0.25) is 23.4 Å². The molecule has 314 valence electrons. The number of nitrogens with one attached hydrogen (secondary N) is 3. The number of ether oxygens (including phenoxy) is 2. The first kappa shape index (κ1) is 42.6. The van der Waals surface area contributed by atoms with E-state index in [4.69, 9.17) is 39.4 Å². The molecule has 2 fully saturated rings. The number of fused-ring (bicyclic) bond motifs is 2. The van der Waals surface area contributed by atoms with E-state index in [1.165, 1.54) is 21.8 Å². The molecule has 26 heteroatoms. The van der Waals surface area contributed by atoms with Crippen molar-refractivity contribution in [3.63, 3.8) is 0 Å². The summed E-state index contributed by atoms with van der Waals surface area (Å²) in [7, 11) is -3.37. The monoisotopic (exact) mass is 880 g/mol. The molecular formula is C33H38F2N11O10P2S+. The third kappa shape index (κ3) is 9.30. The zero-order chi connectivity index (χ0) is 41.8. The molecule has 10 atom stereocenters. The van der Waals surface area contributed by atoms with Crippen LogP contribution >= 0.6 is 15.0 Å². The van der Waals surface area contributed by atoms with Gasteiger partial charge in [0.1, 0.15) is 24.6 Å². The van der Waals surface area contributed by atoms with Crippen molar-refractivity contribution >= 4 is 66.6 Å². The van der Waals surface area contributed by atoms with Crippen LogP contribution in [-0.4, -0.2) is 112 Å². The third-order valence-electron chi connectivity index (χ3n) is 9.09. The summed E-state index contributed by atoms with van der Waals surface area (Å²) < 4.78 is 81.5. The van der Waals surface area contributed by atoms with E-state index in [0.717, 1.165) is 12.0 Å². The van der Waals surface area contributed by atoms with Crippen LogP contribution in [0.4, 0.5) is 26.2 Å². The number of nitriles is 1. The van der Waals surface area contributed by atoms with Crippen molar-refractivity contribution in [2.24, 2.45) is 5.92 Å². The predicted octanol–water partition coefficient (Wildman–Crippen LogP) is 3.83. The van der Waals surface area contributed by atoms with Gasteiger partial charge in [-0.2, -0.15) is 10.2 Å². The molecule has 7 rings (SSSR count). The molecule has 0 bridgehead atoms. The minimum atomic E-state index is -4.15. The molecule has 0 saturated carbocycles. The highest BCUT2D eigenvalue weighted by molar-refractivity contribution is 8.07. The molecule has 2 aliphatic heterocycles. The van der Waals surface area contributed by atoms with Crippen LogP contribution in [0.1, 0.15) is 32.7 Å². The summed E-state index contributed by atoms with van der Waals surface area (Å²) in [6.45, 7) is -1.60. The first-order chi connectivity index (χ1) is 28.4. The molecule has 0 radical (unpaired) electrons. The molecule has 0 amide bonds. The van der Waals surface area contributed by atoms with Gasteiger partial charge in [-0.1, -0.05) is 32.0 Å². The van der Waals surface area contributed by atoms with Gasteiger partial charge >= 0.3 is 15.0 Å². The Kier molecular flexibility index (Phi) is 13.3. The second kappa shape index (κ2) is 18.4. The largest absolute Gasteiger partial charge is 0.695 e.